The second kappa shape index (κ2) is 1.91. The van der Waals surface area contributed by atoms with E-state index in [1.54, 1.807) is 0 Å². The molecule has 0 saturated heterocycles. The zero-order valence-corrected chi connectivity index (χ0v) is 5.71. The number of nitrogens with zero attached hydrogens (tertiary/aromatic N) is 1. The van der Waals surface area contributed by atoms with Crippen molar-refractivity contribution in [1.82, 2.24) is 5.06 Å². The quantitative estimate of drug-likeness (QED) is 0.384. The summed E-state index contributed by atoms with van der Waals surface area (Å²) in [4.78, 5) is 21.4. The van der Waals surface area contributed by atoms with Gasteiger partial charge < -0.3 is 0 Å². The Labute approximate surface area is 57.7 Å². The average molecular weight is 141 g/mol. The fourth-order valence-electron chi connectivity index (χ4n) is 0.731. The largest absolute Gasteiger partial charge is 0.280 e. The summed E-state index contributed by atoms with van der Waals surface area (Å²) in [6.45, 7) is 3.01. The molecule has 54 valence electrons. The summed E-state index contributed by atoms with van der Waals surface area (Å²) in [5.41, 5.74) is 0.625. The molecule has 0 aromatic carbocycles. The molecule has 0 saturated carbocycles. The first-order valence-electron chi connectivity index (χ1n) is 2.81. The summed E-state index contributed by atoms with van der Waals surface area (Å²) in [5.74, 6) is -1.25. The van der Waals surface area contributed by atoms with Gasteiger partial charge in [-0.15, -0.1) is 5.06 Å². The van der Waals surface area contributed by atoms with Crippen LogP contribution >= 0.6 is 0 Å². The molecule has 0 radical (unpaired) electrons. The predicted octanol–water partition coefficient (Wildman–Crippen LogP) is 0.0808. The van der Waals surface area contributed by atoms with Gasteiger partial charge in [-0.05, 0) is 13.8 Å². The highest BCUT2D eigenvalue weighted by atomic mass is 16.5. The molecule has 0 aromatic heterocycles. The Balaban J connectivity index is 3.11. The van der Waals surface area contributed by atoms with Crippen LogP contribution in [-0.2, 0) is 9.59 Å². The van der Waals surface area contributed by atoms with E-state index in [2.05, 4.69) is 0 Å². The van der Waals surface area contributed by atoms with E-state index < -0.39 is 11.8 Å². The topological polar surface area (TPSA) is 57.6 Å². The number of imide groups is 1. The van der Waals surface area contributed by atoms with Crippen molar-refractivity contribution in [2.75, 3.05) is 0 Å². The number of carbonyl (C=O) groups excluding carboxylic acids is 2. The predicted molar refractivity (Wildman–Crippen MR) is 32.0 cm³/mol. The highest BCUT2D eigenvalue weighted by Crippen LogP contribution is 2.16. The lowest BCUT2D eigenvalue weighted by Gasteiger charge is -2.01. The van der Waals surface area contributed by atoms with E-state index in [1.807, 2.05) is 0 Å². The Bertz CT molecular complexity index is 217. The van der Waals surface area contributed by atoms with Gasteiger partial charge in [-0.25, -0.2) is 0 Å². The van der Waals surface area contributed by atoms with E-state index in [4.69, 9.17) is 5.21 Å². The smallest absolute Gasteiger partial charge is 0.278 e. The zero-order chi connectivity index (χ0) is 7.89. The highest BCUT2D eigenvalue weighted by Gasteiger charge is 2.31. The van der Waals surface area contributed by atoms with Crippen molar-refractivity contribution in [3.63, 3.8) is 0 Å². The highest BCUT2D eigenvalue weighted by molar-refractivity contribution is 6.17. The van der Waals surface area contributed by atoms with Crippen LogP contribution in [0.3, 0.4) is 0 Å². The van der Waals surface area contributed by atoms with Crippen LogP contribution in [0.15, 0.2) is 11.1 Å². The maximum atomic E-state index is 10.7. The molecular formula is C6H7NO3. The molecule has 1 rings (SSSR count). The van der Waals surface area contributed by atoms with Gasteiger partial charge in [0.15, 0.2) is 0 Å². The molecular weight excluding hydrogens is 134 g/mol. The molecule has 0 atom stereocenters. The summed E-state index contributed by atoms with van der Waals surface area (Å²) >= 11 is 0. The van der Waals surface area contributed by atoms with Gasteiger partial charge in [-0.1, -0.05) is 0 Å². The number of amides is 2. The van der Waals surface area contributed by atoms with Crippen LogP contribution in [0.25, 0.3) is 0 Å². The third-order valence-electron chi connectivity index (χ3n) is 1.59. The van der Waals surface area contributed by atoms with Gasteiger partial charge in [-0.3, -0.25) is 14.8 Å². The monoisotopic (exact) mass is 141 g/mol. The fraction of sp³-hybridized carbons (Fsp3) is 0.333. The number of carbonyl (C=O) groups is 2. The van der Waals surface area contributed by atoms with Crippen molar-refractivity contribution in [1.29, 1.82) is 0 Å². The summed E-state index contributed by atoms with van der Waals surface area (Å²) < 4.78 is 0. The minimum Gasteiger partial charge on any atom is -0.278 e. The second-order valence-electron chi connectivity index (χ2n) is 2.17. The molecule has 0 bridgehead atoms. The van der Waals surface area contributed by atoms with Gasteiger partial charge in [0.25, 0.3) is 11.8 Å². The lowest BCUT2D eigenvalue weighted by molar-refractivity contribution is -0.170. The maximum absolute atomic E-state index is 10.7. The van der Waals surface area contributed by atoms with Gasteiger partial charge in [0.2, 0.25) is 0 Å². The van der Waals surface area contributed by atoms with E-state index in [1.165, 1.54) is 13.8 Å². The summed E-state index contributed by atoms with van der Waals surface area (Å²) in [6, 6.07) is 0. The molecule has 10 heavy (non-hydrogen) atoms. The van der Waals surface area contributed by atoms with Gasteiger partial charge in [0.1, 0.15) is 0 Å². The summed E-state index contributed by atoms with van der Waals surface area (Å²) in [5, 5.41) is 8.83. The lowest BCUT2D eigenvalue weighted by atomic mass is 10.2. The van der Waals surface area contributed by atoms with Crippen molar-refractivity contribution < 1.29 is 14.8 Å². The molecule has 0 spiro atoms. The standard InChI is InChI=1S/C6H7NO3/c1-3-4(2)6(9)7(10)5(3)8/h10H,1-2H3. The van der Waals surface area contributed by atoms with Crippen molar-refractivity contribution in [2.24, 2.45) is 0 Å². The molecule has 1 N–H and O–H groups in total. The molecule has 0 aromatic rings. The van der Waals surface area contributed by atoms with E-state index in [0.717, 1.165) is 0 Å². The van der Waals surface area contributed by atoms with Gasteiger partial charge in [-0.2, -0.15) is 0 Å². The van der Waals surface area contributed by atoms with Gasteiger partial charge in [0, 0.05) is 11.1 Å². The Morgan fingerprint density at radius 1 is 1.10 bits per heavy atom. The third-order valence-corrected chi connectivity index (χ3v) is 1.59. The van der Waals surface area contributed by atoms with Crippen LogP contribution in [0.2, 0.25) is 0 Å². The molecule has 2 amide bonds. The molecule has 1 heterocycles. The van der Waals surface area contributed by atoms with E-state index in [-0.39, 0.29) is 5.06 Å². The Morgan fingerprint density at radius 2 is 1.40 bits per heavy atom. The molecule has 1 aliphatic heterocycles. The van der Waals surface area contributed by atoms with Crippen molar-refractivity contribution >= 4 is 11.8 Å². The van der Waals surface area contributed by atoms with Crippen LogP contribution in [-0.4, -0.2) is 22.1 Å². The van der Waals surface area contributed by atoms with E-state index in [0.29, 0.717) is 11.1 Å². The molecule has 4 nitrogen and oxygen atoms in total. The summed E-state index contributed by atoms with van der Waals surface area (Å²) in [6.07, 6.45) is 0. The molecule has 1 aliphatic rings. The van der Waals surface area contributed by atoms with Crippen LogP contribution < -0.4 is 0 Å². The van der Waals surface area contributed by atoms with Crippen LogP contribution in [0.1, 0.15) is 13.8 Å². The van der Waals surface area contributed by atoms with E-state index >= 15 is 0 Å². The number of hydrogen-bond donors (Lipinski definition) is 1. The van der Waals surface area contributed by atoms with Crippen LogP contribution in [0.5, 0.6) is 0 Å². The van der Waals surface area contributed by atoms with Crippen molar-refractivity contribution in [3.05, 3.63) is 11.1 Å². The number of hydroxylamine groups is 2. The Morgan fingerprint density at radius 3 is 1.50 bits per heavy atom. The maximum Gasteiger partial charge on any atom is 0.280 e. The fourth-order valence-corrected chi connectivity index (χ4v) is 0.731. The molecule has 4 heteroatoms. The molecule has 0 fully saturated rings. The lowest BCUT2D eigenvalue weighted by Crippen LogP contribution is -2.27. The zero-order valence-electron chi connectivity index (χ0n) is 5.71. The first-order valence-corrected chi connectivity index (χ1v) is 2.81. The SMILES string of the molecule is CC1=C(C)C(=O)N(O)C1=O. The van der Waals surface area contributed by atoms with Crippen LogP contribution in [0, 0.1) is 0 Å². The summed E-state index contributed by atoms with van der Waals surface area (Å²) in [7, 11) is 0. The van der Waals surface area contributed by atoms with E-state index in [9.17, 15) is 9.59 Å². The Hall–Kier alpha value is -1.16. The number of rotatable bonds is 0. The van der Waals surface area contributed by atoms with Crippen molar-refractivity contribution in [3.8, 4) is 0 Å². The number of hydrogen-bond acceptors (Lipinski definition) is 3. The molecule has 0 unspecified atom stereocenters. The molecule has 0 aliphatic carbocycles. The van der Waals surface area contributed by atoms with Crippen molar-refractivity contribution in [2.45, 2.75) is 13.8 Å². The average Bonchev–Trinajstić information content (AvgIpc) is 2.07. The normalized spacial score (nSPS) is 19.3. The first-order chi connectivity index (χ1) is 4.55. The third kappa shape index (κ3) is 0.657. The first kappa shape index (κ1) is 6.95. The minimum absolute atomic E-state index is 0.130. The van der Waals surface area contributed by atoms with Crippen LogP contribution in [0.4, 0.5) is 0 Å². The van der Waals surface area contributed by atoms with Gasteiger partial charge >= 0.3 is 0 Å². The second-order valence-corrected chi connectivity index (χ2v) is 2.17. The van der Waals surface area contributed by atoms with Gasteiger partial charge in [0.05, 0.1) is 0 Å². The Kier molecular flexibility index (Phi) is 1.33. The minimum atomic E-state index is -0.623.